The molecule has 0 aliphatic rings. The van der Waals surface area contributed by atoms with Crippen molar-refractivity contribution in [1.82, 2.24) is 0 Å². The molecule has 82 valence electrons. The average molecular weight is 240 g/mol. The lowest BCUT2D eigenvalue weighted by atomic mass is 10.2. The Morgan fingerprint density at radius 1 is 1.56 bits per heavy atom. The Balaban J connectivity index is 3.17. The summed E-state index contributed by atoms with van der Waals surface area (Å²) in [7, 11) is 1.17. The maximum Gasteiger partial charge on any atom is 0.384 e. The molecule has 0 radical (unpaired) electrons. The summed E-state index contributed by atoms with van der Waals surface area (Å²) in [6.07, 6.45) is 0. The average Bonchev–Trinajstić information content (AvgIpc) is 2.26. The number of nitrogens with zero attached hydrogens (tertiary/aromatic N) is 1. The molecule has 0 bridgehead atoms. The number of carbonyl (C=O) groups excluding carboxylic acids is 1. The molecule has 6 heteroatoms. The lowest BCUT2D eigenvalue weighted by molar-refractivity contribution is -0.385. The second-order valence-corrected chi connectivity index (χ2v) is 3.10. The molecule has 0 aliphatic heterocycles. The minimum atomic E-state index is -0.760. The van der Waals surface area contributed by atoms with Gasteiger partial charge < -0.3 is 4.74 Å². The minimum absolute atomic E-state index is 0.111. The highest BCUT2D eigenvalue weighted by Gasteiger charge is 2.12. The van der Waals surface area contributed by atoms with Crippen LogP contribution in [-0.2, 0) is 9.53 Å². The minimum Gasteiger partial charge on any atom is -0.459 e. The number of carbonyl (C=O) groups is 1. The van der Waals surface area contributed by atoms with E-state index < -0.39 is 10.9 Å². The van der Waals surface area contributed by atoms with E-state index in [0.717, 1.165) is 0 Å². The molecule has 0 amide bonds. The summed E-state index contributed by atoms with van der Waals surface area (Å²) in [5, 5.41) is 10.9. The zero-order valence-corrected chi connectivity index (χ0v) is 8.95. The molecular weight excluding hydrogens is 234 g/mol. The maximum absolute atomic E-state index is 10.7. The van der Waals surface area contributed by atoms with Gasteiger partial charge in [-0.2, -0.15) is 0 Å². The van der Waals surface area contributed by atoms with Crippen LogP contribution in [0, 0.1) is 22.0 Å². The molecule has 16 heavy (non-hydrogen) atoms. The first-order chi connectivity index (χ1) is 7.54. The number of hydrogen-bond acceptors (Lipinski definition) is 4. The van der Waals surface area contributed by atoms with Gasteiger partial charge in [0.1, 0.15) is 5.56 Å². The summed E-state index contributed by atoms with van der Waals surface area (Å²) < 4.78 is 4.29. The summed E-state index contributed by atoms with van der Waals surface area (Å²) in [5.74, 6) is 3.69. The Morgan fingerprint density at radius 2 is 2.25 bits per heavy atom. The van der Waals surface area contributed by atoms with E-state index in [1.807, 2.05) is 0 Å². The van der Waals surface area contributed by atoms with E-state index in [-0.39, 0.29) is 16.3 Å². The maximum atomic E-state index is 10.7. The first-order valence-electron chi connectivity index (χ1n) is 4.08. The van der Waals surface area contributed by atoms with Crippen LogP contribution in [0.3, 0.4) is 0 Å². The lowest BCUT2D eigenvalue weighted by Crippen LogP contribution is -1.96. The quantitative estimate of drug-likeness (QED) is 0.324. The first kappa shape index (κ1) is 12.0. The Labute approximate surface area is 96.1 Å². The van der Waals surface area contributed by atoms with Crippen molar-refractivity contribution in [2.45, 2.75) is 0 Å². The first-order valence-corrected chi connectivity index (χ1v) is 4.46. The highest BCUT2D eigenvalue weighted by molar-refractivity contribution is 6.30. The fraction of sp³-hybridized carbons (Fsp3) is 0.100. The van der Waals surface area contributed by atoms with E-state index >= 15 is 0 Å². The Hall–Kier alpha value is -2.06. The molecule has 0 unspecified atom stereocenters. The summed E-state index contributed by atoms with van der Waals surface area (Å²) in [6, 6.07) is 4.00. The summed E-state index contributed by atoms with van der Waals surface area (Å²) in [5.41, 5.74) is -0.135. The van der Waals surface area contributed by atoms with Crippen molar-refractivity contribution in [3.05, 3.63) is 38.9 Å². The van der Waals surface area contributed by atoms with Gasteiger partial charge in [-0.05, 0) is 18.1 Å². The molecule has 0 aromatic heterocycles. The number of nitro benzene ring substituents is 1. The normalized spacial score (nSPS) is 8.88. The zero-order valence-electron chi connectivity index (χ0n) is 8.19. The molecule has 0 aliphatic carbocycles. The van der Waals surface area contributed by atoms with Gasteiger partial charge in [-0.15, -0.1) is 0 Å². The van der Waals surface area contributed by atoms with Gasteiger partial charge in [0.25, 0.3) is 5.69 Å². The molecule has 0 saturated carbocycles. The number of hydrogen-bond donors (Lipinski definition) is 0. The molecule has 1 aromatic carbocycles. The van der Waals surface area contributed by atoms with Gasteiger partial charge >= 0.3 is 5.97 Å². The van der Waals surface area contributed by atoms with Gasteiger partial charge in [0.05, 0.1) is 12.0 Å². The van der Waals surface area contributed by atoms with Gasteiger partial charge in [0.15, 0.2) is 0 Å². The Kier molecular flexibility index (Phi) is 3.86. The van der Waals surface area contributed by atoms with Crippen molar-refractivity contribution in [3.63, 3.8) is 0 Å². The Morgan fingerprint density at radius 3 is 2.81 bits per heavy atom. The molecular formula is C10H6ClNO4. The fourth-order valence-electron chi connectivity index (χ4n) is 0.931. The number of ether oxygens (including phenoxy) is 1. The van der Waals surface area contributed by atoms with Gasteiger partial charge in [0, 0.05) is 17.0 Å². The van der Waals surface area contributed by atoms with Gasteiger partial charge in [-0.1, -0.05) is 11.6 Å². The van der Waals surface area contributed by atoms with Crippen LogP contribution in [0.15, 0.2) is 18.2 Å². The molecule has 0 fully saturated rings. The van der Waals surface area contributed by atoms with Gasteiger partial charge in [-0.25, -0.2) is 4.79 Å². The lowest BCUT2D eigenvalue weighted by Gasteiger charge is -1.95. The topological polar surface area (TPSA) is 69.4 Å². The molecule has 0 N–H and O–H groups in total. The van der Waals surface area contributed by atoms with E-state index in [1.54, 1.807) is 0 Å². The van der Waals surface area contributed by atoms with E-state index in [9.17, 15) is 14.9 Å². The summed E-state index contributed by atoms with van der Waals surface area (Å²) in [6.45, 7) is 0. The smallest absolute Gasteiger partial charge is 0.384 e. The van der Waals surface area contributed by atoms with Crippen LogP contribution < -0.4 is 0 Å². The van der Waals surface area contributed by atoms with E-state index in [4.69, 9.17) is 11.6 Å². The van der Waals surface area contributed by atoms with Gasteiger partial charge in [-0.3, -0.25) is 10.1 Å². The van der Waals surface area contributed by atoms with E-state index in [0.29, 0.717) is 0 Å². The van der Waals surface area contributed by atoms with Crippen molar-refractivity contribution in [2.75, 3.05) is 7.11 Å². The van der Waals surface area contributed by atoms with Crippen LogP contribution in [0.4, 0.5) is 5.69 Å². The summed E-state index contributed by atoms with van der Waals surface area (Å²) in [4.78, 5) is 20.8. The molecule has 1 rings (SSSR count). The number of methoxy groups -OCH3 is 1. The summed E-state index contributed by atoms with van der Waals surface area (Å²) >= 11 is 5.61. The fourth-order valence-corrected chi connectivity index (χ4v) is 1.10. The van der Waals surface area contributed by atoms with E-state index in [2.05, 4.69) is 16.6 Å². The monoisotopic (exact) mass is 239 g/mol. The van der Waals surface area contributed by atoms with Crippen molar-refractivity contribution in [1.29, 1.82) is 0 Å². The van der Waals surface area contributed by atoms with Crippen LogP contribution in [-0.4, -0.2) is 18.0 Å². The molecule has 0 heterocycles. The number of esters is 1. The van der Waals surface area contributed by atoms with Crippen molar-refractivity contribution >= 4 is 23.3 Å². The predicted octanol–water partition coefficient (Wildman–Crippen LogP) is 1.77. The highest BCUT2D eigenvalue weighted by Crippen LogP contribution is 2.22. The van der Waals surface area contributed by atoms with Crippen molar-refractivity contribution in [3.8, 4) is 11.8 Å². The molecule has 0 saturated heterocycles. The van der Waals surface area contributed by atoms with Crippen LogP contribution in [0.2, 0.25) is 5.02 Å². The highest BCUT2D eigenvalue weighted by atomic mass is 35.5. The molecule has 0 atom stereocenters. The van der Waals surface area contributed by atoms with E-state index in [1.165, 1.54) is 25.3 Å². The number of halogens is 1. The third-order valence-electron chi connectivity index (χ3n) is 1.64. The number of rotatable bonds is 1. The molecule has 1 aromatic rings. The second kappa shape index (κ2) is 5.14. The molecule has 0 spiro atoms. The largest absolute Gasteiger partial charge is 0.459 e. The van der Waals surface area contributed by atoms with Crippen LogP contribution >= 0.6 is 11.6 Å². The van der Waals surface area contributed by atoms with Crippen LogP contribution in [0.25, 0.3) is 0 Å². The third kappa shape index (κ3) is 2.97. The zero-order chi connectivity index (χ0) is 12.1. The van der Waals surface area contributed by atoms with Crippen LogP contribution in [0.1, 0.15) is 5.56 Å². The predicted molar refractivity (Wildman–Crippen MR) is 57.0 cm³/mol. The van der Waals surface area contributed by atoms with Crippen molar-refractivity contribution in [2.24, 2.45) is 0 Å². The van der Waals surface area contributed by atoms with Crippen molar-refractivity contribution < 1.29 is 14.5 Å². The number of nitro groups is 1. The second-order valence-electron chi connectivity index (χ2n) is 2.66. The van der Waals surface area contributed by atoms with Gasteiger partial charge in [0.2, 0.25) is 0 Å². The third-order valence-corrected chi connectivity index (χ3v) is 1.88. The Bertz CT molecular complexity index is 501. The standard InChI is InChI=1S/C10H6ClNO4/c1-16-10(13)5-3-7-2-4-8(11)6-9(7)12(14)15/h2,4,6H,1H3. The SMILES string of the molecule is COC(=O)C#Cc1ccc(Cl)cc1[N+](=O)[O-]. The number of benzene rings is 1. The molecule has 5 nitrogen and oxygen atoms in total. The van der Waals surface area contributed by atoms with Crippen LogP contribution in [0.5, 0.6) is 0 Å².